The molecule has 3 rings (SSSR count). The molecule has 0 spiro atoms. The summed E-state index contributed by atoms with van der Waals surface area (Å²) in [6.07, 6.45) is 8.86. The van der Waals surface area contributed by atoms with Crippen LogP contribution in [0.15, 0.2) is 0 Å². The van der Waals surface area contributed by atoms with Crippen molar-refractivity contribution in [1.29, 1.82) is 0 Å². The van der Waals surface area contributed by atoms with E-state index < -0.39 is 12.0 Å². The molecule has 2 atom stereocenters. The molecule has 20 heavy (non-hydrogen) atoms. The summed E-state index contributed by atoms with van der Waals surface area (Å²) in [5.74, 6) is 1.03. The third-order valence-electron chi connectivity index (χ3n) is 4.87. The highest BCUT2D eigenvalue weighted by molar-refractivity contribution is 8.00. The number of hydrogen-bond donors (Lipinski definition) is 1. The van der Waals surface area contributed by atoms with E-state index in [1.54, 1.807) is 16.7 Å². The lowest BCUT2D eigenvalue weighted by Crippen LogP contribution is -2.46. The van der Waals surface area contributed by atoms with E-state index in [-0.39, 0.29) is 11.3 Å². The molecule has 5 heteroatoms. The quantitative estimate of drug-likeness (QED) is 0.847. The first-order valence-corrected chi connectivity index (χ1v) is 8.87. The standard InChI is InChI=1S/C15H23NO3S/c17-13(8-5-10-3-1-2-4-10)16-12(15(18)19)9-20-14(16)11-6-7-11/h10-12,14H,1-9H2,(H,18,19). The minimum atomic E-state index is -0.838. The zero-order chi connectivity index (χ0) is 14.1. The largest absolute Gasteiger partial charge is 0.480 e. The van der Waals surface area contributed by atoms with Crippen molar-refractivity contribution in [3.63, 3.8) is 0 Å². The molecule has 1 amide bonds. The molecular formula is C15H23NO3S. The van der Waals surface area contributed by atoms with Crippen LogP contribution in [0.4, 0.5) is 0 Å². The maximum atomic E-state index is 12.5. The van der Waals surface area contributed by atoms with Crippen LogP contribution in [-0.4, -0.2) is 39.1 Å². The van der Waals surface area contributed by atoms with Gasteiger partial charge in [-0.1, -0.05) is 25.7 Å². The second-order valence-electron chi connectivity index (χ2n) is 6.41. The van der Waals surface area contributed by atoms with E-state index >= 15 is 0 Å². The molecular weight excluding hydrogens is 274 g/mol. The number of nitrogens with zero attached hydrogens (tertiary/aromatic N) is 1. The molecule has 0 aromatic rings. The van der Waals surface area contributed by atoms with Crippen LogP contribution in [0.25, 0.3) is 0 Å². The number of carbonyl (C=O) groups excluding carboxylic acids is 1. The number of hydrogen-bond acceptors (Lipinski definition) is 3. The first kappa shape index (κ1) is 14.2. The molecule has 2 saturated carbocycles. The van der Waals surface area contributed by atoms with Crippen molar-refractivity contribution in [2.45, 2.75) is 62.8 Å². The maximum Gasteiger partial charge on any atom is 0.327 e. The van der Waals surface area contributed by atoms with Gasteiger partial charge in [0, 0.05) is 12.2 Å². The summed E-state index contributed by atoms with van der Waals surface area (Å²) in [7, 11) is 0. The first-order chi connectivity index (χ1) is 9.66. The fourth-order valence-corrected chi connectivity index (χ4v) is 5.19. The molecule has 1 N–H and O–H groups in total. The van der Waals surface area contributed by atoms with Crippen molar-refractivity contribution in [2.75, 3.05) is 5.75 Å². The number of aliphatic carboxylic acids is 1. The molecule has 2 aliphatic carbocycles. The highest BCUT2D eigenvalue weighted by Crippen LogP contribution is 2.45. The molecule has 3 fully saturated rings. The third kappa shape index (κ3) is 2.97. The minimum absolute atomic E-state index is 0.0752. The van der Waals surface area contributed by atoms with Gasteiger partial charge in [0.15, 0.2) is 0 Å². The molecule has 0 radical (unpaired) electrons. The van der Waals surface area contributed by atoms with E-state index in [1.165, 1.54) is 25.7 Å². The van der Waals surface area contributed by atoms with Crippen molar-refractivity contribution in [3.8, 4) is 0 Å². The van der Waals surface area contributed by atoms with E-state index in [4.69, 9.17) is 0 Å². The average molecular weight is 297 g/mol. The lowest BCUT2D eigenvalue weighted by Gasteiger charge is -2.28. The van der Waals surface area contributed by atoms with Crippen molar-refractivity contribution in [3.05, 3.63) is 0 Å². The molecule has 0 aromatic heterocycles. The van der Waals surface area contributed by atoms with Gasteiger partial charge in [0.05, 0.1) is 5.37 Å². The maximum absolute atomic E-state index is 12.5. The third-order valence-corrected chi connectivity index (χ3v) is 6.34. The fraction of sp³-hybridized carbons (Fsp3) is 0.867. The van der Waals surface area contributed by atoms with E-state index in [9.17, 15) is 14.7 Å². The van der Waals surface area contributed by atoms with Gasteiger partial charge in [0.1, 0.15) is 6.04 Å². The van der Waals surface area contributed by atoms with Crippen molar-refractivity contribution in [2.24, 2.45) is 11.8 Å². The van der Waals surface area contributed by atoms with Gasteiger partial charge in [-0.05, 0) is 31.1 Å². The Balaban J connectivity index is 1.60. The number of carboxylic acids is 1. The monoisotopic (exact) mass is 297 g/mol. The smallest absolute Gasteiger partial charge is 0.327 e. The molecule has 1 saturated heterocycles. The Bertz CT molecular complexity index is 391. The van der Waals surface area contributed by atoms with Gasteiger partial charge in [0.25, 0.3) is 0 Å². The van der Waals surface area contributed by atoms with E-state index in [1.807, 2.05) is 0 Å². The highest BCUT2D eigenvalue weighted by Gasteiger charge is 2.47. The summed E-state index contributed by atoms with van der Waals surface area (Å²) < 4.78 is 0. The van der Waals surface area contributed by atoms with E-state index in [0.717, 1.165) is 19.3 Å². The van der Waals surface area contributed by atoms with Gasteiger partial charge < -0.3 is 10.0 Å². The second-order valence-corrected chi connectivity index (χ2v) is 7.56. The zero-order valence-electron chi connectivity index (χ0n) is 11.8. The summed E-state index contributed by atoms with van der Waals surface area (Å²) in [4.78, 5) is 25.6. The summed E-state index contributed by atoms with van der Waals surface area (Å²) in [6.45, 7) is 0. The zero-order valence-corrected chi connectivity index (χ0v) is 12.6. The van der Waals surface area contributed by atoms with Crippen LogP contribution < -0.4 is 0 Å². The van der Waals surface area contributed by atoms with Crippen molar-refractivity contribution >= 4 is 23.6 Å². The van der Waals surface area contributed by atoms with Crippen LogP contribution in [0.3, 0.4) is 0 Å². The Hall–Kier alpha value is -0.710. The molecule has 0 aromatic carbocycles. The van der Waals surface area contributed by atoms with Crippen LogP contribution in [0.2, 0.25) is 0 Å². The highest BCUT2D eigenvalue weighted by atomic mass is 32.2. The Labute approximate surface area is 124 Å². The molecule has 1 heterocycles. The van der Waals surface area contributed by atoms with Crippen LogP contribution in [-0.2, 0) is 9.59 Å². The van der Waals surface area contributed by atoms with Gasteiger partial charge in [0.2, 0.25) is 5.91 Å². The van der Waals surface area contributed by atoms with E-state index in [2.05, 4.69) is 0 Å². The molecule has 0 bridgehead atoms. The van der Waals surface area contributed by atoms with Gasteiger partial charge in [-0.3, -0.25) is 4.79 Å². The predicted octanol–water partition coefficient (Wildman–Crippen LogP) is 2.72. The van der Waals surface area contributed by atoms with Gasteiger partial charge in [-0.25, -0.2) is 4.79 Å². The summed E-state index contributed by atoms with van der Waals surface area (Å²) >= 11 is 1.67. The van der Waals surface area contributed by atoms with Gasteiger partial charge >= 0.3 is 5.97 Å². The lowest BCUT2D eigenvalue weighted by atomic mass is 10.0. The van der Waals surface area contributed by atoms with Crippen LogP contribution >= 0.6 is 11.8 Å². The number of carbonyl (C=O) groups is 2. The Morgan fingerprint density at radius 3 is 2.45 bits per heavy atom. The second kappa shape index (κ2) is 5.96. The molecule has 112 valence electrons. The van der Waals surface area contributed by atoms with Crippen molar-refractivity contribution in [1.82, 2.24) is 4.90 Å². The average Bonchev–Trinajstić information content (AvgIpc) is 2.97. The van der Waals surface area contributed by atoms with Crippen LogP contribution in [0, 0.1) is 11.8 Å². The first-order valence-electron chi connectivity index (χ1n) is 7.82. The Morgan fingerprint density at radius 1 is 1.15 bits per heavy atom. The van der Waals surface area contributed by atoms with E-state index in [0.29, 0.717) is 24.0 Å². The fourth-order valence-electron chi connectivity index (χ4n) is 3.53. The number of rotatable bonds is 5. The lowest BCUT2D eigenvalue weighted by molar-refractivity contribution is -0.149. The molecule has 3 aliphatic rings. The number of thioether (sulfide) groups is 1. The van der Waals surface area contributed by atoms with Gasteiger partial charge in [-0.15, -0.1) is 11.8 Å². The van der Waals surface area contributed by atoms with Gasteiger partial charge in [-0.2, -0.15) is 0 Å². The van der Waals surface area contributed by atoms with Crippen molar-refractivity contribution < 1.29 is 14.7 Å². The summed E-state index contributed by atoms with van der Waals surface area (Å²) in [5.41, 5.74) is 0. The number of amides is 1. The normalized spacial score (nSPS) is 30.9. The SMILES string of the molecule is O=C(O)C1CSC(C2CC2)N1C(=O)CCC1CCCC1. The predicted molar refractivity (Wildman–Crippen MR) is 78.4 cm³/mol. The Morgan fingerprint density at radius 2 is 1.85 bits per heavy atom. The Kier molecular flexibility index (Phi) is 4.24. The summed E-state index contributed by atoms with van der Waals surface area (Å²) in [5, 5.41) is 9.46. The topological polar surface area (TPSA) is 57.6 Å². The minimum Gasteiger partial charge on any atom is -0.480 e. The molecule has 4 nitrogen and oxygen atoms in total. The molecule has 2 unspecified atom stereocenters. The summed E-state index contributed by atoms with van der Waals surface area (Å²) in [6, 6.07) is -0.596. The van der Waals surface area contributed by atoms with Crippen LogP contribution in [0.1, 0.15) is 51.4 Å². The number of carboxylic acid groups (broad SMARTS) is 1. The van der Waals surface area contributed by atoms with Crippen LogP contribution in [0.5, 0.6) is 0 Å². The molecule has 1 aliphatic heterocycles.